The topological polar surface area (TPSA) is 52.6 Å². The van der Waals surface area contributed by atoms with Crippen molar-refractivity contribution in [2.45, 2.75) is 33.7 Å². The van der Waals surface area contributed by atoms with Crippen LogP contribution in [-0.4, -0.2) is 37.1 Å². The smallest absolute Gasteiger partial charge is 0.191 e. The lowest BCUT2D eigenvalue weighted by Gasteiger charge is -2.19. The van der Waals surface area contributed by atoms with Gasteiger partial charge in [0.2, 0.25) is 0 Å². The van der Waals surface area contributed by atoms with E-state index in [1.165, 1.54) is 5.56 Å². The third-order valence-electron chi connectivity index (χ3n) is 4.21. The maximum atomic E-state index is 4.67. The van der Waals surface area contributed by atoms with E-state index in [0.717, 1.165) is 49.9 Å². The molecule has 0 unspecified atom stereocenters. The van der Waals surface area contributed by atoms with E-state index in [-0.39, 0.29) is 24.0 Å². The van der Waals surface area contributed by atoms with E-state index in [2.05, 4.69) is 82.7 Å². The molecule has 1 heterocycles. The molecule has 0 saturated heterocycles. The predicted molar refractivity (Wildman–Crippen MR) is 126 cm³/mol. The summed E-state index contributed by atoms with van der Waals surface area (Å²) in [5.41, 5.74) is 2.44. The standard InChI is InChI=1S/C21H31N5.HI/c1-4-22-21(23-15-14-18-10-8-7-9-11-18)25-17-19-12-13-20(24-16-19)26(5-2)6-3;/h7-13,16H,4-6,14-15,17H2,1-3H3,(H2,22,23,25);1H. The van der Waals surface area contributed by atoms with E-state index >= 15 is 0 Å². The Morgan fingerprint density at radius 2 is 1.70 bits per heavy atom. The third-order valence-corrected chi connectivity index (χ3v) is 4.21. The summed E-state index contributed by atoms with van der Waals surface area (Å²) in [6, 6.07) is 14.7. The Morgan fingerprint density at radius 1 is 0.963 bits per heavy atom. The monoisotopic (exact) mass is 481 g/mol. The number of hydrogen-bond donors (Lipinski definition) is 2. The SMILES string of the molecule is CCNC(=NCc1ccc(N(CC)CC)nc1)NCCc1ccccc1.I. The summed E-state index contributed by atoms with van der Waals surface area (Å²) in [7, 11) is 0. The normalized spacial score (nSPS) is 10.9. The van der Waals surface area contributed by atoms with Gasteiger partial charge in [-0.25, -0.2) is 9.98 Å². The number of pyridine rings is 1. The van der Waals surface area contributed by atoms with Crippen LogP contribution in [0.5, 0.6) is 0 Å². The number of anilines is 1. The zero-order valence-corrected chi connectivity index (χ0v) is 18.9. The molecule has 0 radical (unpaired) electrons. The van der Waals surface area contributed by atoms with Crippen LogP contribution in [0.3, 0.4) is 0 Å². The van der Waals surface area contributed by atoms with Crippen molar-refractivity contribution >= 4 is 35.8 Å². The van der Waals surface area contributed by atoms with Gasteiger partial charge in [-0.1, -0.05) is 36.4 Å². The number of nitrogens with zero attached hydrogens (tertiary/aromatic N) is 3. The van der Waals surface area contributed by atoms with Gasteiger partial charge in [-0.05, 0) is 44.4 Å². The van der Waals surface area contributed by atoms with Gasteiger partial charge in [0, 0.05) is 32.4 Å². The van der Waals surface area contributed by atoms with Crippen LogP contribution >= 0.6 is 24.0 Å². The Bertz CT molecular complexity index is 654. The minimum atomic E-state index is 0. The zero-order chi connectivity index (χ0) is 18.6. The van der Waals surface area contributed by atoms with Crippen molar-refractivity contribution in [1.29, 1.82) is 0 Å². The number of halogens is 1. The van der Waals surface area contributed by atoms with Crippen molar-refractivity contribution in [2.24, 2.45) is 4.99 Å². The number of rotatable bonds is 9. The quantitative estimate of drug-likeness (QED) is 0.325. The van der Waals surface area contributed by atoms with Gasteiger partial charge < -0.3 is 15.5 Å². The van der Waals surface area contributed by atoms with Crippen molar-refractivity contribution < 1.29 is 0 Å². The molecule has 2 aromatic rings. The summed E-state index contributed by atoms with van der Waals surface area (Å²) in [5.74, 6) is 1.87. The third kappa shape index (κ3) is 8.15. The van der Waals surface area contributed by atoms with Crippen LogP contribution in [0.4, 0.5) is 5.82 Å². The average molecular weight is 481 g/mol. The molecule has 0 fully saturated rings. The molecule has 5 nitrogen and oxygen atoms in total. The molecule has 0 aliphatic heterocycles. The Balaban J connectivity index is 0.00000364. The first kappa shape index (κ1) is 23.2. The van der Waals surface area contributed by atoms with E-state index in [0.29, 0.717) is 6.54 Å². The fourth-order valence-electron chi connectivity index (χ4n) is 2.73. The molecule has 27 heavy (non-hydrogen) atoms. The van der Waals surface area contributed by atoms with Crippen molar-refractivity contribution in [3.8, 4) is 0 Å². The van der Waals surface area contributed by atoms with Gasteiger partial charge in [0.05, 0.1) is 6.54 Å². The summed E-state index contributed by atoms with van der Waals surface area (Å²) in [5, 5.41) is 6.69. The molecule has 0 bridgehead atoms. The van der Waals surface area contributed by atoms with E-state index in [1.807, 2.05) is 12.3 Å². The highest BCUT2D eigenvalue weighted by atomic mass is 127. The van der Waals surface area contributed by atoms with Crippen LogP contribution in [0.15, 0.2) is 53.7 Å². The van der Waals surface area contributed by atoms with Gasteiger partial charge >= 0.3 is 0 Å². The number of benzene rings is 1. The van der Waals surface area contributed by atoms with Gasteiger partial charge in [-0.3, -0.25) is 0 Å². The van der Waals surface area contributed by atoms with Crippen LogP contribution in [0.25, 0.3) is 0 Å². The van der Waals surface area contributed by atoms with Gasteiger partial charge in [0.25, 0.3) is 0 Å². The molecular weight excluding hydrogens is 449 g/mol. The Morgan fingerprint density at radius 3 is 2.30 bits per heavy atom. The molecule has 1 aromatic carbocycles. The summed E-state index contributed by atoms with van der Waals surface area (Å²) in [6.07, 6.45) is 2.90. The number of aromatic nitrogens is 1. The van der Waals surface area contributed by atoms with E-state index in [1.54, 1.807) is 0 Å². The Kier molecular flexibility index (Phi) is 11.5. The molecule has 148 valence electrons. The van der Waals surface area contributed by atoms with Crippen LogP contribution in [0.1, 0.15) is 31.9 Å². The van der Waals surface area contributed by atoms with Gasteiger partial charge in [0.15, 0.2) is 5.96 Å². The molecule has 0 aliphatic rings. The second kappa shape index (κ2) is 13.4. The predicted octanol–water partition coefficient (Wildman–Crippen LogP) is 3.84. The van der Waals surface area contributed by atoms with Gasteiger partial charge in [-0.2, -0.15) is 0 Å². The van der Waals surface area contributed by atoms with E-state index in [4.69, 9.17) is 0 Å². The summed E-state index contributed by atoms with van der Waals surface area (Å²) < 4.78 is 0. The minimum Gasteiger partial charge on any atom is -0.357 e. The molecular formula is C21H32IN5. The molecule has 0 saturated carbocycles. The van der Waals surface area contributed by atoms with Crippen LogP contribution < -0.4 is 15.5 Å². The lowest BCUT2D eigenvalue weighted by molar-refractivity contribution is 0.798. The molecule has 1 aromatic heterocycles. The largest absolute Gasteiger partial charge is 0.357 e. The van der Waals surface area contributed by atoms with Gasteiger partial charge in [0.1, 0.15) is 5.82 Å². The molecule has 0 atom stereocenters. The highest BCUT2D eigenvalue weighted by Crippen LogP contribution is 2.11. The fraction of sp³-hybridized carbons (Fsp3) is 0.429. The van der Waals surface area contributed by atoms with Gasteiger partial charge in [-0.15, -0.1) is 24.0 Å². The summed E-state index contributed by atoms with van der Waals surface area (Å²) in [4.78, 5) is 11.5. The molecule has 6 heteroatoms. The van der Waals surface area contributed by atoms with Crippen LogP contribution in [-0.2, 0) is 13.0 Å². The van der Waals surface area contributed by atoms with Crippen LogP contribution in [0, 0.1) is 0 Å². The van der Waals surface area contributed by atoms with Crippen molar-refractivity contribution in [3.05, 3.63) is 59.8 Å². The van der Waals surface area contributed by atoms with Crippen molar-refractivity contribution in [2.75, 3.05) is 31.1 Å². The Hall–Kier alpha value is -1.83. The summed E-state index contributed by atoms with van der Waals surface area (Å²) in [6.45, 7) is 10.6. The minimum absolute atomic E-state index is 0. The molecule has 0 amide bonds. The second-order valence-corrected chi connectivity index (χ2v) is 6.05. The first-order valence-electron chi connectivity index (χ1n) is 9.52. The lowest BCUT2D eigenvalue weighted by atomic mass is 10.1. The number of aliphatic imine (C=N–C) groups is 1. The molecule has 2 N–H and O–H groups in total. The van der Waals surface area contributed by atoms with Crippen molar-refractivity contribution in [1.82, 2.24) is 15.6 Å². The lowest BCUT2D eigenvalue weighted by Crippen LogP contribution is -2.38. The first-order chi connectivity index (χ1) is 12.8. The average Bonchev–Trinajstić information content (AvgIpc) is 2.69. The highest BCUT2D eigenvalue weighted by molar-refractivity contribution is 14.0. The maximum Gasteiger partial charge on any atom is 0.191 e. The van der Waals surface area contributed by atoms with Crippen LogP contribution in [0.2, 0.25) is 0 Å². The van der Waals surface area contributed by atoms with E-state index < -0.39 is 0 Å². The molecule has 2 rings (SSSR count). The number of guanidine groups is 1. The first-order valence-corrected chi connectivity index (χ1v) is 9.52. The number of hydrogen-bond acceptors (Lipinski definition) is 3. The molecule has 0 spiro atoms. The fourth-order valence-corrected chi connectivity index (χ4v) is 2.73. The Labute approximate surface area is 180 Å². The second-order valence-electron chi connectivity index (χ2n) is 6.05. The zero-order valence-electron chi connectivity index (χ0n) is 16.6. The molecule has 0 aliphatic carbocycles. The maximum absolute atomic E-state index is 4.67. The summed E-state index contributed by atoms with van der Waals surface area (Å²) >= 11 is 0. The number of nitrogens with one attached hydrogen (secondary N) is 2. The highest BCUT2D eigenvalue weighted by Gasteiger charge is 2.03. The van der Waals surface area contributed by atoms with E-state index in [9.17, 15) is 0 Å². The van der Waals surface area contributed by atoms with Crippen molar-refractivity contribution in [3.63, 3.8) is 0 Å².